The minimum absolute atomic E-state index is 0.255. The standard InChI is InChI=1S/C13H18BrNO2S/c1-10(14)8-15-4-5-17-9-11(15)7-12(16)13-3-2-6-18-13/h2-3,6,11-12,16H,1,4-5,7-9H2/t11-,12-/m0/s1. The molecule has 100 valence electrons. The molecule has 0 aliphatic carbocycles. The van der Waals surface area contributed by atoms with Gasteiger partial charge in [0, 0.05) is 28.5 Å². The Morgan fingerprint density at radius 3 is 3.22 bits per heavy atom. The summed E-state index contributed by atoms with van der Waals surface area (Å²) < 4.78 is 6.49. The molecule has 2 atom stereocenters. The molecule has 0 radical (unpaired) electrons. The summed E-state index contributed by atoms with van der Waals surface area (Å²) in [6.45, 7) is 7.03. The van der Waals surface area contributed by atoms with E-state index in [0.717, 1.165) is 29.1 Å². The molecule has 1 saturated heterocycles. The highest BCUT2D eigenvalue weighted by atomic mass is 79.9. The fraction of sp³-hybridized carbons (Fsp3) is 0.538. The number of halogens is 1. The number of ether oxygens (including phenoxy) is 1. The SMILES string of the molecule is C=C(Br)CN1CCOC[C@@H]1C[C@H](O)c1cccs1. The van der Waals surface area contributed by atoms with Gasteiger partial charge in [-0.1, -0.05) is 28.6 Å². The van der Waals surface area contributed by atoms with Crippen molar-refractivity contribution < 1.29 is 9.84 Å². The maximum Gasteiger partial charge on any atom is 0.0897 e. The van der Waals surface area contributed by atoms with E-state index in [1.807, 2.05) is 17.5 Å². The summed E-state index contributed by atoms with van der Waals surface area (Å²) in [7, 11) is 0. The second kappa shape index (κ2) is 6.82. The van der Waals surface area contributed by atoms with Crippen LogP contribution in [0.3, 0.4) is 0 Å². The second-order valence-corrected chi connectivity index (χ2v) is 6.58. The van der Waals surface area contributed by atoms with E-state index in [1.165, 1.54) is 0 Å². The number of nitrogens with zero attached hydrogens (tertiary/aromatic N) is 1. The van der Waals surface area contributed by atoms with E-state index in [9.17, 15) is 5.11 Å². The Balaban J connectivity index is 1.94. The van der Waals surface area contributed by atoms with Crippen LogP contribution in [-0.4, -0.2) is 42.4 Å². The third kappa shape index (κ3) is 3.90. The molecule has 0 aromatic carbocycles. The molecule has 0 amide bonds. The third-order valence-electron chi connectivity index (χ3n) is 3.09. The van der Waals surface area contributed by atoms with Crippen molar-refractivity contribution in [1.82, 2.24) is 4.90 Å². The van der Waals surface area contributed by atoms with E-state index in [0.29, 0.717) is 13.0 Å². The van der Waals surface area contributed by atoms with Crippen LogP contribution in [0.4, 0.5) is 0 Å². The Kier molecular flexibility index (Phi) is 5.38. The lowest BCUT2D eigenvalue weighted by atomic mass is 10.1. The van der Waals surface area contributed by atoms with Gasteiger partial charge >= 0.3 is 0 Å². The van der Waals surface area contributed by atoms with Crippen LogP contribution in [0.1, 0.15) is 17.4 Å². The fourth-order valence-electron chi connectivity index (χ4n) is 2.19. The van der Waals surface area contributed by atoms with Crippen molar-refractivity contribution >= 4 is 27.3 Å². The lowest BCUT2D eigenvalue weighted by Crippen LogP contribution is -2.46. The topological polar surface area (TPSA) is 32.7 Å². The quantitative estimate of drug-likeness (QED) is 0.900. The predicted octanol–water partition coefficient (Wildman–Crippen LogP) is 2.78. The normalized spacial score (nSPS) is 22.9. The summed E-state index contributed by atoms with van der Waals surface area (Å²) in [5, 5.41) is 12.2. The van der Waals surface area contributed by atoms with Gasteiger partial charge in [0.15, 0.2) is 0 Å². The van der Waals surface area contributed by atoms with Crippen LogP contribution in [0.2, 0.25) is 0 Å². The molecule has 2 rings (SSSR count). The van der Waals surface area contributed by atoms with E-state index in [4.69, 9.17) is 4.74 Å². The molecule has 1 aromatic heterocycles. The monoisotopic (exact) mass is 331 g/mol. The van der Waals surface area contributed by atoms with Crippen molar-refractivity contribution in [2.75, 3.05) is 26.3 Å². The highest BCUT2D eigenvalue weighted by Gasteiger charge is 2.26. The van der Waals surface area contributed by atoms with Gasteiger partial charge in [0.25, 0.3) is 0 Å². The van der Waals surface area contributed by atoms with E-state index in [1.54, 1.807) is 11.3 Å². The van der Waals surface area contributed by atoms with Crippen molar-refractivity contribution in [2.24, 2.45) is 0 Å². The van der Waals surface area contributed by atoms with Gasteiger partial charge in [-0.15, -0.1) is 11.3 Å². The Morgan fingerprint density at radius 2 is 2.56 bits per heavy atom. The first-order valence-corrected chi connectivity index (χ1v) is 7.70. The van der Waals surface area contributed by atoms with E-state index in [2.05, 4.69) is 27.4 Å². The molecule has 2 heterocycles. The summed E-state index contributed by atoms with van der Waals surface area (Å²) in [5.41, 5.74) is 0. The predicted molar refractivity (Wildman–Crippen MR) is 78.1 cm³/mol. The van der Waals surface area contributed by atoms with Gasteiger partial charge in [0.1, 0.15) is 0 Å². The Hall–Kier alpha value is -0.200. The van der Waals surface area contributed by atoms with Crippen molar-refractivity contribution in [3.8, 4) is 0 Å². The van der Waals surface area contributed by atoms with Gasteiger partial charge in [-0.25, -0.2) is 0 Å². The van der Waals surface area contributed by atoms with Crippen LogP contribution in [0.25, 0.3) is 0 Å². The maximum absolute atomic E-state index is 10.2. The van der Waals surface area contributed by atoms with E-state index >= 15 is 0 Å². The molecule has 5 heteroatoms. The minimum Gasteiger partial charge on any atom is -0.388 e. The molecule has 0 bridgehead atoms. The lowest BCUT2D eigenvalue weighted by Gasteiger charge is -2.36. The number of aliphatic hydroxyl groups is 1. The smallest absolute Gasteiger partial charge is 0.0897 e. The average Bonchev–Trinajstić information content (AvgIpc) is 2.84. The summed E-state index contributed by atoms with van der Waals surface area (Å²) >= 11 is 5.00. The molecule has 0 spiro atoms. The van der Waals surface area contributed by atoms with Crippen molar-refractivity contribution in [3.05, 3.63) is 33.5 Å². The van der Waals surface area contributed by atoms with Gasteiger partial charge in [0.2, 0.25) is 0 Å². The molecule has 1 N–H and O–H groups in total. The summed E-state index contributed by atoms with van der Waals surface area (Å²) in [4.78, 5) is 3.34. The third-order valence-corrected chi connectivity index (χ3v) is 4.32. The first-order chi connectivity index (χ1) is 8.66. The number of hydrogen-bond donors (Lipinski definition) is 1. The van der Waals surface area contributed by atoms with Gasteiger partial charge in [0.05, 0.1) is 19.3 Å². The molecule has 1 aliphatic heterocycles. The van der Waals surface area contributed by atoms with E-state index in [-0.39, 0.29) is 6.04 Å². The zero-order chi connectivity index (χ0) is 13.0. The zero-order valence-corrected chi connectivity index (χ0v) is 12.6. The van der Waals surface area contributed by atoms with Gasteiger partial charge < -0.3 is 9.84 Å². The molecule has 1 fully saturated rings. The van der Waals surface area contributed by atoms with Gasteiger partial charge in [-0.2, -0.15) is 0 Å². The first-order valence-electron chi connectivity index (χ1n) is 6.03. The fourth-order valence-corrected chi connectivity index (χ4v) is 3.24. The molecule has 0 saturated carbocycles. The first kappa shape index (κ1) is 14.2. The van der Waals surface area contributed by atoms with Crippen LogP contribution in [0.5, 0.6) is 0 Å². The molecule has 1 aromatic rings. The van der Waals surface area contributed by atoms with Crippen LogP contribution in [0.15, 0.2) is 28.6 Å². The molecule has 0 unspecified atom stereocenters. The van der Waals surface area contributed by atoms with Crippen LogP contribution in [-0.2, 0) is 4.74 Å². The maximum atomic E-state index is 10.2. The number of aliphatic hydroxyl groups excluding tert-OH is 1. The zero-order valence-electron chi connectivity index (χ0n) is 10.2. The number of hydrogen-bond acceptors (Lipinski definition) is 4. The Bertz CT molecular complexity index is 382. The largest absolute Gasteiger partial charge is 0.388 e. The summed E-state index contributed by atoms with van der Waals surface area (Å²) in [5.74, 6) is 0. The van der Waals surface area contributed by atoms with Crippen LogP contribution in [0, 0.1) is 0 Å². The van der Waals surface area contributed by atoms with Crippen molar-refractivity contribution in [2.45, 2.75) is 18.6 Å². The lowest BCUT2D eigenvalue weighted by molar-refractivity contribution is -0.0207. The number of rotatable bonds is 5. The molecule has 3 nitrogen and oxygen atoms in total. The Morgan fingerprint density at radius 1 is 1.72 bits per heavy atom. The van der Waals surface area contributed by atoms with Crippen molar-refractivity contribution in [3.63, 3.8) is 0 Å². The summed E-state index contributed by atoms with van der Waals surface area (Å²) in [6, 6.07) is 4.20. The Labute approximate surface area is 120 Å². The highest BCUT2D eigenvalue weighted by Crippen LogP contribution is 2.26. The molecule has 18 heavy (non-hydrogen) atoms. The van der Waals surface area contributed by atoms with Gasteiger partial charge in [-0.05, 0) is 17.9 Å². The van der Waals surface area contributed by atoms with E-state index < -0.39 is 6.10 Å². The van der Waals surface area contributed by atoms with Crippen LogP contribution < -0.4 is 0 Å². The number of thiophene rings is 1. The van der Waals surface area contributed by atoms with Crippen molar-refractivity contribution in [1.29, 1.82) is 0 Å². The average molecular weight is 332 g/mol. The van der Waals surface area contributed by atoms with Gasteiger partial charge in [-0.3, -0.25) is 4.90 Å². The van der Waals surface area contributed by atoms with Crippen LogP contribution >= 0.6 is 27.3 Å². The minimum atomic E-state index is -0.400. The number of morpholine rings is 1. The summed E-state index contributed by atoms with van der Waals surface area (Å²) in [6.07, 6.45) is 0.309. The highest BCUT2D eigenvalue weighted by molar-refractivity contribution is 9.11. The second-order valence-electron chi connectivity index (χ2n) is 4.48. The molecule has 1 aliphatic rings. The molecular formula is C13H18BrNO2S. The molecular weight excluding hydrogens is 314 g/mol.